The highest BCUT2D eigenvalue weighted by molar-refractivity contribution is 5.76. The molecule has 1 atom stereocenters. The lowest BCUT2D eigenvalue weighted by molar-refractivity contribution is -0.131. The summed E-state index contributed by atoms with van der Waals surface area (Å²) in [4.78, 5) is 13.9. The predicted molar refractivity (Wildman–Crippen MR) is 80.5 cm³/mol. The average Bonchev–Trinajstić information content (AvgIpc) is 3.17. The van der Waals surface area contributed by atoms with Crippen LogP contribution in [0.15, 0.2) is 36.5 Å². The Kier molecular flexibility index (Phi) is 3.99. The molecule has 1 saturated heterocycles. The highest BCUT2D eigenvalue weighted by Crippen LogP contribution is 2.21. The van der Waals surface area contributed by atoms with Crippen LogP contribution < -0.4 is 0 Å². The van der Waals surface area contributed by atoms with Gasteiger partial charge in [-0.25, -0.2) is 4.68 Å². The van der Waals surface area contributed by atoms with Gasteiger partial charge in [-0.05, 0) is 12.8 Å². The van der Waals surface area contributed by atoms with Gasteiger partial charge in [0.2, 0.25) is 5.91 Å². The molecule has 0 bridgehead atoms. The van der Waals surface area contributed by atoms with Crippen LogP contribution in [0.1, 0.15) is 26.2 Å². The van der Waals surface area contributed by atoms with E-state index in [9.17, 15) is 4.79 Å². The van der Waals surface area contributed by atoms with E-state index in [2.05, 4.69) is 10.3 Å². The minimum atomic E-state index is 0.237. The summed E-state index contributed by atoms with van der Waals surface area (Å²) in [6.07, 6.45) is 4.66. The van der Waals surface area contributed by atoms with Crippen LogP contribution in [-0.2, 0) is 11.3 Å². The number of benzene rings is 1. The minimum Gasteiger partial charge on any atom is -0.338 e. The van der Waals surface area contributed by atoms with Gasteiger partial charge in [0.1, 0.15) is 5.69 Å². The highest BCUT2D eigenvalue weighted by atomic mass is 16.2. The summed E-state index contributed by atoms with van der Waals surface area (Å²) in [5.74, 6) is 0.237. The lowest BCUT2D eigenvalue weighted by atomic mass is 10.2. The van der Waals surface area contributed by atoms with Gasteiger partial charge in [-0.2, -0.15) is 0 Å². The van der Waals surface area contributed by atoms with Gasteiger partial charge < -0.3 is 4.90 Å². The Balaban J connectivity index is 1.71. The summed E-state index contributed by atoms with van der Waals surface area (Å²) in [7, 11) is 0. The topological polar surface area (TPSA) is 51.0 Å². The summed E-state index contributed by atoms with van der Waals surface area (Å²) in [6, 6.07) is 10.3. The third-order valence-electron chi connectivity index (χ3n) is 4.01. The van der Waals surface area contributed by atoms with Crippen molar-refractivity contribution in [2.24, 2.45) is 0 Å². The Hall–Kier alpha value is -2.17. The van der Waals surface area contributed by atoms with E-state index in [1.165, 1.54) is 0 Å². The van der Waals surface area contributed by atoms with Crippen molar-refractivity contribution in [2.75, 3.05) is 6.54 Å². The van der Waals surface area contributed by atoms with Crippen molar-refractivity contribution in [1.82, 2.24) is 19.9 Å². The van der Waals surface area contributed by atoms with Gasteiger partial charge >= 0.3 is 0 Å². The molecule has 2 heterocycles. The second-order valence-corrected chi connectivity index (χ2v) is 5.43. The fourth-order valence-corrected chi connectivity index (χ4v) is 2.90. The lowest BCUT2D eigenvalue weighted by Gasteiger charge is -2.23. The molecule has 0 N–H and O–H groups in total. The molecular formula is C16H20N4O. The zero-order chi connectivity index (χ0) is 14.7. The SMILES string of the molecule is CCC(=O)N1CCCC1Cn1cc(-c2ccccc2)nn1. The number of nitrogens with zero attached hydrogens (tertiary/aromatic N) is 4. The fourth-order valence-electron chi connectivity index (χ4n) is 2.90. The normalized spacial score (nSPS) is 18.1. The number of hydrogen-bond donors (Lipinski definition) is 0. The van der Waals surface area contributed by atoms with Crippen LogP contribution in [0.4, 0.5) is 0 Å². The molecule has 1 amide bonds. The molecule has 110 valence electrons. The standard InChI is InChI=1S/C16H20N4O/c1-2-16(21)20-10-6-9-14(20)11-19-12-15(17-18-19)13-7-4-3-5-8-13/h3-5,7-8,12,14H,2,6,9-11H2,1H3. The number of carbonyl (C=O) groups excluding carboxylic acids is 1. The first-order valence-electron chi connectivity index (χ1n) is 7.53. The van der Waals surface area contributed by atoms with Gasteiger partial charge in [-0.3, -0.25) is 4.79 Å². The number of carbonyl (C=O) groups is 1. The van der Waals surface area contributed by atoms with Crippen LogP contribution in [0.3, 0.4) is 0 Å². The summed E-state index contributed by atoms with van der Waals surface area (Å²) in [5.41, 5.74) is 1.94. The van der Waals surface area contributed by atoms with Crippen LogP contribution in [0, 0.1) is 0 Å². The number of rotatable bonds is 4. The van der Waals surface area contributed by atoms with Gasteiger partial charge in [0.15, 0.2) is 0 Å². The molecular weight excluding hydrogens is 264 g/mol. The largest absolute Gasteiger partial charge is 0.338 e. The first-order valence-corrected chi connectivity index (χ1v) is 7.53. The summed E-state index contributed by atoms with van der Waals surface area (Å²) in [5, 5.41) is 8.43. The van der Waals surface area contributed by atoms with Crippen molar-refractivity contribution in [3.05, 3.63) is 36.5 Å². The Morgan fingerprint density at radius 2 is 2.14 bits per heavy atom. The highest BCUT2D eigenvalue weighted by Gasteiger charge is 2.28. The molecule has 21 heavy (non-hydrogen) atoms. The molecule has 1 aliphatic rings. The third-order valence-corrected chi connectivity index (χ3v) is 4.01. The first-order chi connectivity index (χ1) is 10.3. The van der Waals surface area contributed by atoms with Crippen LogP contribution in [0.2, 0.25) is 0 Å². The predicted octanol–water partition coefficient (Wildman–Crippen LogP) is 2.35. The van der Waals surface area contributed by atoms with Gasteiger partial charge in [0, 0.05) is 18.5 Å². The van der Waals surface area contributed by atoms with E-state index in [1.54, 1.807) is 0 Å². The first kappa shape index (κ1) is 13.8. The summed E-state index contributed by atoms with van der Waals surface area (Å²) >= 11 is 0. The average molecular weight is 284 g/mol. The monoisotopic (exact) mass is 284 g/mol. The van der Waals surface area contributed by atoms with E-state index in [0.29, 0.717) is 6.42 Å². The maximum Gasteiger partial charge on any atom is 0.222 e. The van der Waals surface area contributed by atoms with E-state index >= 15 is 0 Å². The van der Waals surface area contributed by atoms with E-state index in [-0.39, 0.29) is 11.9 Å². The molecule has 3 rings (SSSR count). The van der Waals surface area contributed by atoms with Crippen molar-refractivity contribution in [3.63, 3.8) is 0 Å². The van der Waals surface area contributed by atoms with Crippen LogP contribution in [0.5, 0.6) is 0 Å². The van der Waals surface area contributed by atoms with Gasteiger partial charge in [0.25, 0.3) is 0 Å². The smallest absolute Gasteiger partial charge is 0.222 e. The Morgan fingerprint density at radius 3 is 2.90 bits per heavy atom. The number of amides is 1. The number of hydrogen-bond acceptors (Lipinski definition) is 3. The van der Waals surface area contributed by atoms with E-state index in [1.807, 2.05) is 53.0 Å². The number of aromatic nitrogens is 3. The van der Waals surface area contributed by atoms with E-state index in [4.69, 9.17) is 0 Å². The molecule has 0 spiro atoms. The molecule has 1 aromatic carbocycles. The van der Waals surface area contributed by atoms with Crippen LogP contribution >= 0.6 is 0 Å². The molecule has 1 aliphatic heterocycles. The lowest BCUT2D eigenvalue weighted by Crippen LogP contribution is -2.37. The molecule has 1 fully saturated rings. The zero-order valence-corrected chi connectivity index (χ0v) is 12.3. The number of likely N-dealkylation sites (tertiary alicyclic amines) is 1. The second kappa shape index (κ2) is 6.08. The maximum absolute atomic E-state index is 11.9. The molecule has 5 nitrogen and oxygen atoms in total. The Bertz CT molecular complexity index is 608. The Labute approximate surface area is 124 Å². The van der Waals surface area contributed by atoms with Crippen molar-refractivity contribution in [3.8, 4) is 11.3 Å². The Morgan fingerprint density at radius 1 is 1.33 bits per heavy atom. The maximum atomic E-state index is 11.9. The molecule has 0 radical (unpaired) electrons. The molecule has 5 heteroatoms. The molecule has 1 aromatic heterocycles. The molecule has 2 aromatic rings. The third kappa shape index (κ3) is 2.96. The van der Waals surface area contributed by atoms with Crippen molar-refractivity contribution >= 4 is 5.91 Å². The van der Waals surface area contributed by atoms with E-state index in [0.717, 1.165) is 37.2 Å². The van der Waals surface area contributed by atoms with Gasteiger partial charge in [-0.1, -0.05) is 42.5 Å². The van der Waals surface area contributed by atoms with E-state index < -0.39 is 0 Å². The zero-order valence-electron chi connectivity index (χ0n) is 12.3. The molecule has 1 unspecified atom stereocenters. The minimum absolute atomic E-state index is 0.237. The van der Waals surface area contributed by atoms with Crippen molar-refractivity contribution < 1.29 is 4.79 Å². The van der Waals surface area contributed by atoms with Crippen LogP contribution in [0.25, 0.3) is 11.3 Å². The fraction of sp³-hybridized carbons (Fsp3) is 0.438. The van der Waals surface area contributed by atoms with Crippen molar-refractivity contribution in [1.29, 1.82) is 0 Å². The van der Waals surface area contributed by atoms with Gasteiger partial charge in [-0.15, -0.1) is 5.10 Å². The summed E-state index contributed by atoms with van der Waals surface area (Å²) in [6.45, 7) is 3.52. The van der Waals surface area contributed by atoms with Crippen molar-refractivity contribution in [2.45, 2.75) is 38.8 Å². The summed E-state index contributed by atoms with van der Waals surface area (Å²) < 4.78 is 1.86. The molecule has 0 saturated carbocycles. The van der Waals surface area contributed by atoms with Gasteiger partial charge in [0.05, 0.1) is 18.8 Å². The second-order valence-electron chi connectivity index (χ2n) is 5.43. The molecule has 0 aliphatic carbocycles. The van der Waals surface area contributed by atoms with Crippen LogP contribution in [-0.4, -0.2) is 38.4 Å². The quantitative estimate of drug-likeness (QED) is 0.866.